The zero-order chi connectivity index (χ0) is 13.3. The molecule has 0 saturated heterocycles. The van der Waals surface area contributed by atoms with E-state index in [1.54, 1.807) is 0 Å². The van der Waals surface area contributed by atoms with Crippen LogP contribution in [-0.2, 0) is 0 Å². The van der Waals surface area contributed by atoms with E-state index < -0.39 is 11.7 Å². The van der Waals surface area contributed by atoms with Crippen molar-refractivity contribution in [3.63, 3.8) is 0 Å². The average Bonchev–Trinajstić information content (AvgIpc) is 2.80. The van der Waals surface area contributed by atoms with Crippen LogP contribution in [0.1, 0.15) is 10.5 Å². The normalized spacial score (nSPS) is 10.4. The summed E-state index contributed by atoms with van der Waals surface area (Å²) in [5.41, 5.74) is 5.16. The molecule has 1 amide bonds. The second kappa shape index (κ2) is 4.73. The maximum atomic E-state index is 13.9. The molecular weight excluding hydrogens is 307 g/mol. The van der Waals surface area contributed by atoms with Crippen LogP contribution in [0.5, 0.6) is 5.75 Å². The van der Waals surface area contributed by atoms with E-state index in [0.717, 1.165) is 0 Å². The third-order valence-electron chi connectivity index (χ3n) is 2.28. The number of hydrogen-bond acceptors (Lipinski definition) is 4. The van der Waals surface area contributed by atoms with Gasteiger partial charge in [-0.15, -0.1) is 0 Å². The Morgan fingerprint density at radius 2 is 2.22 bits per heavy atom. The molecule has 6 nitrogen and oxygen atoms in total. The lowest BCUT2D eigenvalue weighted by atomic mass is 10.1. The van der Waals surface area contributed by atoms with E-state index in [9.17, 15) is 9.18 Å². The highest BCUT2D eigenvalue weighted by atomic mass is 79.9. The summed E-state index contributed by atoms with van der Waals surface area (Å²) >= 11 is 3.22. The number of ether oxygens (including phenoxy) is 1. The molecule has 0 radical (unpaired) electrons. The Labute approximate surface area is 109 Å². The third kappa shape index (κ3) is 2.06. The topological polar surface area (TPSA) is 93.9 Å². The van der Waals surface area contributed by atoms with Gasteiger partial charge in [0.05, 0.1) is 11.6 Å². The number of benzene rings is 1. The summed E-state index contributed by atoms with van der Waals surface area (Å²) in [4.78, 5) is 11.1. The lowest BCUT2D eigenvalue weighted by Crippen LogP contribution is -2.13. The number of rotatable bonds is 3. The highest BCUT2D eigenvalue weighted by Gasteiger charge is 2.20. The van der Waals surface area contributed by atoms with Gasteiger partial charge in [-0.3, -0.25) is 4.79 Å². The van der Waals surface area contributed by atoms with Gasteiger partial charge in [0, 0.05) is 11.6 Å². The fraction of sp³-hybridized carbons (Fsp3) is 0.100. The van der Waals surface area contributed by atoms with Crippen LogP contribution in [0.25, 0.3) is 11.3 Å². The van der Waals surface area contributed by atoms with Crippen LogP contribution in [-0.4, -0.2) is 28.4 Å². The molecule has 0 atom stereocenters. The number of nitrogens with one attached hydrogen (secondary N) is 1. The molecule has 0 unspecified atom stereocenters. The highest BCUT2D eigenvalue weighted by molar-refractivity contribution is 9.10. The summed E-state index contributed by atoms with van der Waals surface area (Å²) < 4.78 is 19.4. The minimum absolute atomic E-state index is 0.0587. The van der Waals surface area contributed by atoms with Crippen molar-refractivity contribution in [3.8, 4) is 17.0 Å². The van der Waals surface area contributed by atoms with Crippen molar-refractivity contribution in [2.24, 2.45) is 5.73 Å². The van der Waals surface area contributed by atoms with E-state index in [2.05, 4.69) is 31.3 Å². The molecule has 1 aromatic heterocycles. The summed E-state index contributed by atoms with van der Waals surface area (Å²) in [6.07, 6.45) is 0. The maximum absolute atomic E-state index is 13.9. The molecule has 0 saturated carbocycles. The SMILES string of the molecule is COc1cc(F)c(-c2n[nH]nc2C(N)=O)cc1Br. The number of aromatic amines is 1. The number of primary amides is 1. The summed E-state index contributed by atoms with van der Waals surface area (Å²) in [7, 11) is 1.42. The summed E-state index contributed by atoms with van der Waals surface area (Å²) in [5.74, 6) is -1.04. The molecule has 8 heteroatoms. The van der Waals surface area contributed by atoms with Gasteiger partial charge in [0.15, 0.2) is 5.69 Å². The van der Waals surface area contributed by atoms with E-state index in [1.807, 2.05) is 0 Å². The molecule has 1 heterocycles. The quantitative estimate of drug-likeness (QED) is 0.897. The summed E-state index contributed by atoms with van der Waals surface area (Å²) in [5, 5.41) is 9.55. The third-order valence-corrected chi connectivity index (χ3v) is 2.90. The lowest BCUT2D eigenvalue weighted by Gasteiger charge is -2.06. The molecule has 0 fully saturated rings. The fourth-order valence-corrected chi connectivity index (χ4v) is 1.96. The largest absolute Gasteiger partial charge is 0.495 e. The van der Waals surface area contributed by atoms with Crippen LogP contribution in [0.15, 0.2) is 16.6 Å². The molecule has 0 spiro atoms. The van der Waals surface area contributed by atoms with Gasteiger partial charge in [0.1, 0.15) is 17.3 Å². The van der Waals surface area contributed by atoms with Crippen LogP contribution < -0.4 is 10.5 Å². The number of nitrogens with two attached hydrogens (primary N) is 1. The number of carbonyl (C=O) groups is 1. The van der Waals surface area contributed by atoms with Crippen molar-refractivity contribution in [2.75, 3.05) is 7.11 Å². The maximum Gasteiger partial charge on any atom is 0.271 e. The molecule has 94 valence electrons. The summed E-state index contributed by atoms with van der Waals surface area (Å²) in [6.45, 7) is 0. The molecular formula is C10H8BrFN4O2. The Morgan fingerprint density at radius 3 is 2.83 bits per heavy atom. The van der Waals surface area contributed by atoms with E-state index in [1.165, 1.54) is 19.2 Å². The number of nitrogens with zero attached hydrogens (tertiary/aromatic N) is 2. The zero-order valence-corrected chi connectivity index (χ0v) is 10.8. The molecule has 0 aliphatic rings. The predicted molar refractivity (Wildman–Crippen MR) is 64.5 cm³/mol. The van der Waals surface area contributed by atoms with Gasteiger partial charge in [-0.25, -0.2) is 4.39 Å². The van der Waals surface area contributed by atoms with E-state index >= 15 is 0 Å². The predicted octanol–water partition coefficient (Wildman–Crippen LogP) is 1.48. The molecule has 0 aliphatic heterocycles. The molecule has 18 heavy (non-hydrogen) atoms. The molecule has 0 bridgehead atoms. The van der Waals surface area contributed by atoms with E-state index in [-0.39, 0.29) is 17.0 Å². The van der Waals surface area contributed by atoms with Crippen LogP contribution in [0.3, 0.4) is 0 Å². The monoisotopic (exact) mass is 314 g/mol. The minimum Gasteiger partial charge on any atom is -0.495 e. The number of H-pyrrole nitrogens is 1. The standard InChI is InChI=1S/C10H8BrFN4O2/c1-18-7-3-6(12)4(2-5(7)11)8-9(10(13)17)15-16-14-8/h2-3H,1H3,(H2,13,17)(H,14,15,16). The van der Waals surface area contributed by atoms with Gasteiger partial charge in [-0.2, -0.15) is 15.4 Å². The van der Waals surface area contributed by atoms with Crippen LogP contribution >= 0.6 is 15.9 Å². The van der Waals surface area contributed by atoms with Crippen molar-refractivity contribution in [2.45, 2.75) is 0 Å². The number of methoxy groups -OCH3 is 1. The fourth-order valence-electron chi connectivity index (χ4n) is 1.46. The van der Waals surface area contributed by atoms with Crippen molar-refractivity contribution in [3.05, 3.63) is 28.1 Å². The number of halogens is 2. The van der Waals surface area contributed by atoms with Crippen molar-refractivity contribution in [1.82, 2.24) is 15.4 Å². The van der Waals surface area contributed by atoms with Gasteiger partial charge in [0.25, 0.3) is 5.91 Å². The van der Waals surface area contributed by atoms with Crippen molar-refractivity contribution in [1.29, 1.82) is 0 Å². The smallest absolute Gasteiger partial charge is 0.271 e. The number of aromatic nitrogens is 3. The van der Waals surface area contributed by atoms with Gasteiger partial charge < -0.3 is 10.5 Å². The van der Waals surface area contributed by atoms with Crippen molar-refractivity contribution >= 4 is 21.8 Å². The Kier molecular flexibility index (Phi) is 3.28. The molecule has 2 aromatic rings. The van der Waals surface area contributed by atoms with Gasteiger partial charge in [0.2, 0.25) is 0 Å². The van der Waals surface area contributed by atoms with Gasteiger partial charge >= 0.3 is 0 Å². The first kappa shape index (κ1) is 12.5. The second-order valence-corrected chi connectivity index (χ2v) is 4.21. The summed E-state index contributed by atoms with van der Waals surface area (Å²) in [6, 6.07) is 2.62. The first-order chi connectivity index (χ1) is 8.54. The molecule has 0 aliphatic carbocycles. The van der Waals surface area contributed by atoms with Gasteiger partial charge in [-0.1, -0.05) is 0 Å². The molecule has 1 aromatic carbocycles. The van der Waals surface area contributed by atoms with E-state index in [0.29, 0.717) is 10.2 Å². The molecule has 2 rings (SSSR count). The minimum atomic E-state index is -0.787. The zero-order valence-electron chi connectivity index (χ0n) is 9.20. The first-order valence-corrected chi connectivity index (χ1v) is 5.58. The Hall–Kier alpha value is -1.96. The Bertz CT molecular complexity index is 614. The number of amides is 1. The van der Waals surface area contributed by atoms with Crippen molar-refractivity contribution < 1.29 is 13.9 Å². The number of hydrogen-bond donors (Lipinski definition) is 2. The van der Waals surface area contributed by atoms with Crippen LogP contribution in [0, 0.1) is 5.82 Å². The van der Waals surface area contributed by atoms with Gasteiger partial charge in [-0.05, 0) is 22.0 Å². The average molecular weight is 315 g/mol. The second-order valence-electron chi connectivity index (χ2n) is 3.35. The Balaban J connectivity index is 2.61. The molecule has 3 N–H and O–H groups in total. The van der Waals surface area contributed by atoms with Crippen LogP contribution in [0.2, 0.25) is 0 Å². The Morgan fingerprint density at radius 1 is 1.50 bits per heavy atom. The van der Waals surface area contributed by atoms with Crippen LogP contribution in [0.4, 0.5) is 4.39 Å². The van der Waals surface area contributed by atoms with E-state index in [4.69, 9.17) is 10.5 Å². The lowest BCUT2D eigenvalue weighted by molar-refractivity contribution is 0.0996. The highest BCUT2D eigenvalue weighted by Crippen LogP contribution is 2.33. The number of carbonyl (C=O) groups excluding carboxylic acids is 1. The first-order valence-electron chi connectivity index (χ1n) is 4.78.